The smallest absolute Gasteiger partial charge is 0.238 e. The van der Waals surface area contributed by atoms with Gasteiger partial charge in [-0.05, 0) is 44.0 Å². The molecule has 2 N–H and O–H groups in total. The lowest BCUT2D eigenvalue weighted by Gasteiger charge is -2.19. The van der Waals surface area contributed by atoms with Gasteiger partial charge in [-0.1, -0.05) is 6.07 Å². The predicted octanol–water partition coefficient (Wildman–Crippen LogP) is 1.20. The van der Waals surface area contributed by atoms with Crippen molar-refractivity contribution in [2.45, 2.75) is 18.9 Å². The Morgan fingerprint density at radius 3 is 3.00 bits per heavy atom. The highest BCUT2D eigenvalue weighted by Gasteiger charge is 2.30. The average Bonchev–Trinajstić information content (AvgIpc) is 3.22. The monoisotopic (exact) mass is 273 g/mol. The van der Waals surface area contributed by atoms with Crippen LogP contribution in [-0.4, -0.2) is 42.2 Å². The van der Waals surface area contributed by atoms with Gasteiger partial charge in [0.2, 0.25) is 5.91 Å². The second kappa shape index (κ2) is 6.51. The van der Waals surface area contributed by atoms with Crippen LogP contribution in [0.4, 0.5) is 5.69 Å². The van der Waals surface area contributed by atoms with Gasteiger partial charge in [-0.3, -0.25) is 9.69 Å². The van der Waals surface area contributed by atoms with Crippen molar-refractivity contribution < 1.29 is 9.90 Å². The van der Waals surface area contributed by atoms with E-state index in [0.29, 0.717) is 23.7 Å². The van der Waals surface area contributed by atoms with Crippen LogP contribution in [0.3, 0.4) is 0 Å². The summed E-state index contributed by atoms with van der Waals surface area (Å²) in [5.74, 6) is 0.262. The first-order chi connectivity index (χ1) is 9.58. The normalized spacial score (nSPS) is 15.7. The van der Waals surface area contributed by atoms with Crippen LogP contribution in [0, 0.1) is 17.2 Å². The number of nitriles is 1. The SMILES string of the molecule is CN(CC(=O)Nc1cccc(C#N)c1)CC(O)C1CC1. The van der Waals surface area contributed by atoms with E-state index in [1.807, 2.05) is 18.0 Å². The number of amides is 1. The third kappa shape index (κ3) is 4.34. The van der Waals surface area contributed by atoms with Crippen molar-refractivity contribution >= 4 is 11.6 Å². The number of aliphatic hydroxyl groups excluding tert-OH is 1. The molecule has 0 saturated heterocycles. The molecule has 1 fully saturated rings. The van der Waals surface area contributed by atoms with E-state index >= 15 is 0 Å². The molecule has 0 radical (unpaired) electrons. The van der Waals surface area contributed by atoms with Crippen molar-refractivity contribution in [3.8, 4) is 6.07 Å². The lowest BCUT2D eigenvalue weighted by molar-refractivity contribution is -0.117. The van der Waals surface area contributed by atoms with Gasteiger partial charge in [-0.15, -0.1) is 0 Å². The second-order valence-corrected chi connectivity index (χ2v) is 5.34. The summed E-state index contributed by atoms with van der Waals surface area (Å²) in [5.41, 5.74) is 1.13. The van der Waals surface area contributed by atoms with Crippen molar-refractivity contribution in [2.75, 3.05) is 25.5 Å². The van der Waals surface area contributed by atoms with Crippen LogP contribution >= 0.6 is 0 Å². The van der Waals surface area contributed by atoms with Crippen LogP contribution in [0.25, 0.3) is 0 Å². The van der Waals surface area contributed by atoms with Gasteiger partial charge < -0.3 is 10.4 Å². The number of anilines is 1. The molecule has 1 aromatic rings. The Morgan fingerprint density at radius 2 is 2.35 bits per heavy atom. The Bertz CT molecular complexity index is 520. The quantitative estimate of drug-likeness (QED) is 0.816. The zero-order valence-corrected chi connectivity index (χ0v) is 11.5. The maximum atomic E-state index is 11.9. The van der Waals surface area contributed by atoms with E-state index in [1.54, 1.807) is 24.3 Å². The van der Waals surface area contributed by atoms with E-state index in [1.165, 1.54) is 0 Å². The minimum Gasteiger partial charge on any atom is -0.392 e. The largest absolute Gasteiger partial charge is 0.392 e. The van der Waals surface area contributed by atoms with E-state index in [-0.39, 0.29) is 18.6 Å². The molecule has 1 saturated carbocycles. The number of carbonyl (C=O) groups excluding carboxylic acids is 1. The number of rotatable bonds is 6. The molecule has 1 aliphatic carbocycles. The zero-order valence-electron chi connectivity index (χ0n) is 11.5. The number of benzene rings is 1. The number of likely N-dealkylation sites (N-methyl/N-ethyl adjacent to an activating group) is 1. The molecule has 1 aromatic carbocycles. The summed E-state index contributed by atoms with van der Waals surface area (Å²) in [6.07, 6.45) is 1.83. The van der Waals surface area contributed by atoms with Gasteiger partial charge in [-0.2, -0.15) is 5.26 Å². The van der Waals surface area contributed by atoms with Crippen LogP contribution in [0.5, 0.6) is 0 Å². The number of hydrogen-bond acceptors (Lipinski definition) is 4. The van der Waals surface area contributed by atoms with Crippen molar-refractivity contribution in [3.05, 3.63) is 29.8 Å². The van der Waals surface area contributed by atoms with Gasteiger partial charge in [0.15, 0.2) is 0 Å². The Morgan fingerprint density at radius 1 is 1.60 bits per heavy atom. The van der Waals surface area contributed by atoms with Crippen molar-refractivity contribution in [2.24, 2.45) is 5.92 Å². The van der Waals surface area contributed by atoms with Gasteiger partial charge in [0, 0.05) is 12.2 Å². The van der Waals surface area contributed by atoms with Gasteiger partial charge in [0.25, 0.3) is 0 Å². The van der Waals surface area contributed by atoms with Gasteiger partial charge >= 0.3 is 0 Å². The molecule has 1 aliphatic rings. The molecule has 0 aliphatic heterocycles. The van der Waals surface area contributed by atoms with Crippen molar-refractivity contribution in [1.82, 2.24) is 4.90 Å². The first-order valence-corrected chi connectivity index (χ1v) is 6.75. The number of nitrogens with one attached hydrogen (secondary N) is 1. The molecule has 5 heteroatoms. The lowest BCUT2D eigenvalue weighted by Crippen LogP contribution is -2.36. The Hall–Kier alpha value is -1.90. The maximum Gasteiger partial charge on any atom is 0.238 e. The molecule has 106 valence electrons. The maximum absolute atomic E-state index is 11.9. The van der Waals surface area contributed by atoms with Crippen LogP contribution in [0.1, 0.15) is 18.4 Å². The molecule has 0 heterocycles. The Labute approximate surface area is 118 Å². The van der Waals surface area contributed by atoms with E-state index < -0.39 is 0 Å². The third-order valence-electron chi connectivity index (χ3n) is 3.35. The fraction of sp³-hybridized carbons (Fsp3) is 0.467. The minimum atomic E-state index is -0.338. The predicted molar refractivity (Wildman–Crippen MR) is 76.0 cm³/mol. The number of nitrogens with zero attached hydrogens (tertiary/aromatic N) is 2. The molecule has 1 unspecified atom stereocenters. The summed E-state index contributed by atoms with van der Waals surface area (Å²) in [6.45, 7) is 0.733. The molecule has 0 spiro atoms. The van der Waals surface area contributed by atoms with Crippen LogP contribution < -0.4 is 5.32 Å². The van der Waals surface area contributed by atoms with E-state index in [4.69, 9.17) is 5.26 Å². The summed E-state index contributed by atoms with van der Waals surface area (Å²) in [5, 5.41) is 21.4. The van der Waals surface area contributed by atoms with Gasteiger partial charge in [-0.25, -0.2) is 0 Å². The highest BCUT2D eigenvalue weighted by Crippen LogP contribution is 2.32. The van der Waals surface area contributed by atoms with Crippen molar-refractivity contribution in [3.63, 3.8) is 0 Å². The van der Waals surface area contributed by atoms with Crippen LogP contribution in [0.15, 0.2) is 24.3 Å². The molecule has 20 heavy (non-hydrogen) atoms. The fourth-order valence-corrected chi connectivity index (χ4v) is 2.13. The molecule has 0 aromatic heterocycles. The lowest BCUT2D eigenvalue weighted by atomic mass is 10.2. The number of carbonyl (C=O) groups is 1. The first-order valence-electron chi connectivity index (χ1n) is 6.75. The molecule has 2 rings (SSSR count). The van der Waals surface area contributed by atoms with E-state index in [0.717, 1.165) is 12.8 Å². The Balaban J connectivity index is 1.80. The molecule has 1 atom stereocenters. The summed E-state index contributed by atoms with van der Waals surface area (Å²) in [4.78, 5) is 13.7. The summed E-state index contributed by atoms with van der Waals surface area (Å²) in [6, 6.07) is 8.83. The summed E-state index contributed by atoms with van der Waals surface area (Å²) < 4.78 is 0. The molecular formula is C15H19N3O2. The zero-order chi connectivity index (χ0) is 14.5. The first kappa shape index (κ1) is 14.5. The van der Waals surface area contributed by atoms with Crippen LogP contribution in [0.2, 0.25) is 0 Å². The second-order valence-electron chi connectivity index (χ2n) is 5.34. The van der Waals surface area contributed by atoms with Crippen LogP contribution in [-0.2, 0) is 4.79 Å². The molecule has 0 bridgehead atoms. The van der Waals surface area contributed by atoms with Crippen molar-refractivity contribution in [1.29, 1.82) is 5.26 Å². The number of hydrogen-bond donors (Lipinski definition) is 2. The minimum absolute atomic E-state index is 0.148. The average molecular weight is 273 g/mol. The Kier molecular flexibility index (Phi) is 4.72. The van der Waals surface area contributed by atoms with E-state index in [2.05, 4.69) is 5.32 Å². The highest BCUT2D eigenvalue weighted by molar-refractivity contribution is 5.92. The topological polar surface area (TPSA) is 76.4 Å². The van der Waals surface area contributed by atoms with Gasteiger partial charge in [0.05, 0.1) is 24.3 Å². The highest BCUT2D eigenvalue weighted by atomic mass is 16.3. The molecule has 5 nitrogen and oxygen atoms in total. The standard InChI is InChI=1S/C15H19N3O2/c1-18(9-14(19)12-5-6-12)10-15(20)17-13-4-2-3-11(7-13)8-16/h2-4,7,12,14,19H,5-6,9-10H2,1H3,(H,17,20). The molecular weight excluding hydrogens is 254 g/mol. The number of aliphatic hydroxyl groups is 1. The third-order valence-corrected chi connectivity index (χ3v) is 3.35. The fourth-order valence-electron chi connectivity index (χ4n) is 2.13. The molecule has 1 amide bonds. The summed E-state index contributed by atoms with van der Waals surface area (Å²) in [7, 11) is 1.82. The van der Waals surface area contributed by atoms with Gasteiger partial charge in [0.1, 0.15) is 0 Å². The van der Waals surface area contributed by atoms with E-state index in [9.17, 15) is 9.90 Å². The summed E-state index contributed by atoms with van der Waals surface area (Å²) >= 11 is 0.